The van der Waals surface area contributed by atoms with Gasteiger partial charge >= 0.3 is 15.6 Å². The molecule has 0 unspecified atom stereocenters. The normalized spacial score (nSPS) is 13.7. The minimum atomic E-state index is -5.53. The highest BCUT2D eigenvalue weighted by Gasteiger charge is 2.47. The Kier molecular flexibility index (Phi) is 2.74. The SMILES string of the molecule is NC=COS(=O)(=O)C(F)(F)F. The molecule has 0 saturated carbocycles. The van der Waals surface area contributed by atoms with Crippen LogP contribution in [0.2, 0.25) is 0 Å². The average molecular weight is 191 g/mol. The van der Waals surface area contributed by atoms with E-state index in [2.05, 4.69) is 9.92 Å². The van der Waals surface area contributed by atoms with Crippen LogP contribution >= 0.6 is 0 Å². The van der Waals surface area contributed by atoms with Crippen molar-refractivity contribution in [1.82, 2.24) is 0 Å². The first-order valence-corrected chi connectivity index (χ1v) is 3.58. The van der Waals surface area contributed by atoms with Crippen molar-refractivity contribution in [2.24, 2.45) is 5.73 Å². The van der Waals surface area contributed by atoms with Gasteiger partial charge in [-0.15, -0.1) is 0 Å². The van der Waals surface area contributed by atoms with Crippen LogP contribution in [0.25, 0.3) is 0 Å². The Balaban J connectivity index is 4.50. The van der Waals surface area contributed by atoms with Crippen molar-refractivity contribution in [3.63, 3.8) is 0 Å². The average Bonchev–Trinajstić information content (AvgIpc) is 1.81. The third-order valence-corrected chi connectivity index (χ3v) is 1.48. The lowest BCUT2D eigenvalue weighted by Gasteiger charge is -2.04. The Labute approximate surface area is 60.6 Å². The van der Waals surface area contributed by atoms with Crippen LogP contribution in [-0.4, -0.2) is 13.9 Å². The highest BCUT2D eigenvalue weighted by molar-refractivity contribution is 7.87. The van der Waals surface area contributed by atoms with Gasteiger partial charge in [0.2, 0.25) is 0 Å². The summed E-state index contributed by atoms with van der Waals surface area (Å²) in [6.07, 6.45) is 0.756. The molecule has 0 aliphatic rings. The summed E-state index contributed by atoms with van der Waals surface area (Å²) < 4.78 is 57.3. The molecule has 0 aromatic carbocycles. The maximum atomic E-state index is 11.4. The molecule has 4 nitrogen and oxygen atoms in total. The Hall–Kier alpha value is -0.920. The zero-order chi connectivity index (χ0) is 9.12. The second kappa shape index (κ2) is 2.99. The molecule has 11 heavy (non-hydrogen) atoms. The summed E-state index contributed by atoms with van der Waals surface area (Å²) in [5.41, 5.74) is -0.869. The van der Waals surface area contributed by atoms with E-state index < -0.39 is 15.6 Å². The van der Waals surface area contributed by atoms with Crippen LogP contribution in [0.4, 0.5) is 13.2 Å². The molecule has 0 aromatic heterocycles. The van der Waals surface area contributed by atoms with Crippen LogP contribution < -0.4 is 5.73 Å². The zero-order valence-electron chi connectivity index (χ0n) is 5.00. The van der Waals surface area contributed by atoms with Gasteiger partial charge in [0.05, 0.1) is 0 Å². The third kappa shape index (κ3) is 2.66. The molecule has 0 aliphatic heterocycles. The van der Waals surface area contributed by atoms with Crippen LogP contribution in [0.15, 0.2) is 12.5 Å². The summed E-state index contributed by atoms with van der Waals surface area (Å²) in [7, 11) is -5.53. The number of rotatable bonds is 2. The van der Waals surface area contributed by atoms with Gasteiger partial charge in [0.15, 0.2) is 0 Å². The van der Waals surface area contributed by atoms with Gasteiger partial charge < -0.3 is 9.92 Å². The smallest absolute Gasteiger partial charge is 0.402 e. The molecular formula is C3H4F3NO3S. The molecule has 0 rings (SSSR count). The fourth-order valence-electron chi connectivity index (χ4n) is 0.160. The number of hydrogen-bond donors (Lipinski definition) is 1. The minimum absolute atomic E-state index is 0.225. The van der Waals surface area contributed by atoms with E-state index in [1.54, 1.807) is 0 Å². The molecule has 0 saturated heterocycles. The lowest BCUT2D eigenvalue weighted by molar-refractivity contribution is -0.0515. The first-order valence-electron chi connectivity index (χ1n) is 2.17. The number of hydrogen-bond acceptors (Lipinski definition) is 4. The first-order chi connectivity index (χ1) is 4.81. The van der Waals surface area contributed by atoms with Gasteiger partial charge in [0, 0.05) is 6.20 Å². The van der Waals surface area contributed by atoms with E-state index >= 15 is 0 Å². The lowest BCUT2D eigenvalue weighted by Crippen LogP contribution is -2.23. The zero-order valence-corrected chi connectivity index (χ0v) is 5.82. The summed E-state index contributed by atoms with van der Waals surface area (Å²) >= 11 is 0. The Morgan fingerprint density at radius 3 is 2.09 bits per heavy atom. The first kappa shape index (κ1) is 10.1. The highest BCUT2D eigenvalue weighted by atomic mass is 32.2. The highest BCUT2D eigenvalue weighted by Crippen LogP contribution is 2.24. The number of halogens is 3. The van der Waals surface area contributed by atoms with Crippen LogP contribution in [0, 0.1) is 0 Å². The van der Waals surface area contributed by atoms with Crippen molar-refractivity contribution in [1.29, 1.82) is 0 Å². The van der Waals surface area contributed by atoms with E-state index in [0.717, 1.165) is 0 Å². The molecule has 8 heteroatoms. The van der Waals surface area contributed by atoms with Crippen molar-refractivity contribution < 1.29 is 25.8 Å². The number of nitrogens with two attached hydrogens (primary N) is 1. The van der Waals surface area contributed by atoms with Gasteiger partial charge in [0.1, 0.15) is 6.26 Å². The topological polar surface area (TPSA) is 69.4 Å². The standard InChI is InChI=1S/C3H4F3NO3S/c4-3(5,6)11(8,9)10-2-1-7/h1-2H,7H2. The summed E-state index contributed by atoms with van der Waals surface area (Å²) in [5.74, 6) is 0. The largest absolute Gasteiger partial charge is 0.534 e. The van der Waals surface area contributed by atoms with Crippen LogP contribution in [-0.2, 0) is 14.3 Å². The van der Waals surface area contributed by atoms with E-state index in [1.807, 2.05) is 0 Å². The summed E-state index contributed by atoms with van der Waals surface area (Å²) in [4.78, 5) is 0. The molecule has 2 N–H and O–H groups in total. The quantitative estimate of drug-likeness (QED) is 0.386. The molecule has 0 bridgehead atoms. The van der Waals surface area contributed by atoms with E-state index in [4.69, 9.17) is 0 Å². The van der Waals surface area contributed by atoms with Crippen molar-refractivity contribution in [2.75, 3.05) is 0 Å². The summed E-state index contributed by atoms with van der Waals surface area (Å²) in [6, 6.07) is 0. The van der Waals surface area contributed by atoms with E-state index in [9.17, 15) is 21.6 Å². The van der Waals surface area contributed by atoms with Crippen LogP contribution in [0.3, 0.4) is 0 Å². The minimum Gasteiger partial charge on any atom is -0.402 e. The Bertz CT molecular complexity index is 241. The van der Waals surface area contributed by atoms with Gasteiger partial charge in [-0.1, -0.05) is 0 Å². The summed E-state index contributed by atoms with van der Waals surface area (Å²) in [6.45, 7) is 0. The molecule has 0 fully saturated rings. The van der Waals surface area contributed by atoms with E-state index in [1.165, 1.54) is 0 Å². The molecule has 0 aliphatic carbocycles. The number of alkyl halides is 3. The van der Waals surface area contributed by atoms with Gasteiger partial charge in [-0.25, -0.2) is 0 Å². The molecule has 0 spiro atoms. The van der Waals surface area contributed by atoms with Crippen LogP contribution in [0.5, 0.6) is 0 Å². The predicted molar refractivity (Wildman–Crippen MR) is 29.4 cm³/mol. The van der Waals surface area contributed by atoms with Crippen molar-refractivity contribution >= 4 is 10.1 Å². The fourth-order valence-corrected chi connectivity index (χ4v) is 0.479. The maximum Gasteiger partial charge on any atom is 0.534 e. The Morgan fingerprint density at radius 1 is 1.36 bits per heavy atom. The van der Waals surface area contributed by atoms with Crippen LogP contribution in [0.1, 0.15) is 0 Å². The monoisotopic (exact) mass is 191 g/mol. The molecule has 66 valence electrons. The van der Waals surface area contributed by atoms with Gasteiger partial charge in [0.25, 0.3) is 0 Å². The predicted octanol–water partition coefficient (Wildman–Crippen LogP) is 0.283. The third-order valence-electron chi connectivity index (χ3n) is 0.544. The van der Waals surface area contributed by atoms with Gasteiger partial charge in [-0.3, -0.25) is 0 Å². The van der Waals surface area contributed by atoms with Crippen molar-refractivity contribution in [3.05, 3.63) is 12.5 Å². The van der Waals surface area contributed by atoms with Crippen molar-refractivity contribution in [2.45, 2.75) is 5.51 Å². The fraction of sp³-hybridized carbons (Fsp3) is 0.333. The molecule has 0 radical (unpaired) electrons. The second-order valence-corrected chi connectivity index (χ2v) is 2.89. The van der Waals surface area contributed by atoms with Crippen molar-refractivity contribution in [3.8, 4) is 0 Å². The molecule has 0 amide bonds. The Morgan fingerprint density at radius 2 is 1.82 bits per heavy atom. The molecule has 0 atom stereocenters. The summed E-state index contributed by atoms with van der Waals surface area (Å²) in [5, 5.41) is 0. The molecular weight excluding hydrogens is 187 g/mol. The van der Waals surface area contributed by atoms with Gasteiger partial charge in [-0.05, 0) is 0 Å². The van der Waals surface area contributed by atoms with Gasteiger partial charge in [-0.2, -0.15) is 21.6 Å². The lowest BCUT2D eigenvalue weighted by atomic mass is 11.0. The maximum absolute atomic E-state index is 11.4. The molecule has 0 aromatic rings. The van der Waals surface area contributed by atoms with E-state index in [-0.39, 0.29) is 6.26 Å². The van der Waals surface area contributed by atoms with E-state index in [0.29, 0.717) is 6.20 Å². The second-order valence-electron chi connectivity index (χ2n) is 1.32. The molecule has 0 heterocycles.